The van der Waals surface area contributed by atoms with Gasteiger partial charge in [0.2, 0.25) is 0 Å². The third-order valence-corrected chi connectivity index (χ3v) is 2.67. The highest BCUT2D eigenvalue weighted by Crippen LogP contribution is 2.34. The molecule has 0 aromatic rings. The summed E-state index contributed by atoms with van der Waals surface area (Å²) in [6.45, 7) is 0.559. The van der Waals surface area contributed by atoms with E-state index in [1.165, 1.54) is 19.3 Å². The van der Waals surface area contributed by atoms with Gasteiger partial charge in [-0.1, -0.05) is 11.6 Å². The molecule has 2 rings (SSSR count). The van der Waals surface area contributed by atoms with Crippen molar-refractivity contribution < 1.29 is 4.84 Å². The van der Waals surface area contributed by atoms with Crippen LogP contribution in [-0.2, 0) is 4.84 Å². The molecule has 11 heavy (non-hydrogen) atoms. The first kappa shape index (κ1) is 7.10. The molecule has 0 spiro atoms. The summed E-state index contributed by atoms with van der Waals surface area (Å²) in [5.74, 6) is 0.766. The molecule has 1 heterocycles. The molecule has 1 aliphatic heterocycles. The molecular formula is C8H14N2O. The Morgan fingerprint density at radius 1 is 1.55 bits per heavy atom. The minimum atomic E-state index is 0.363. The Bertz CT molecular complexity index is 175. The van der Waals surface area contributed by atoms with E-state index in [1.807, 2.05) is 0 Å². The Kier molecular flexibility index (Phi) is 1.82. The van der Waals surface area contributed by atoms with Crippen molar-refractivity contribution in [3.8, 4) is 0 Å². The second-order valence-corrected chi connectivity index (χ2v) is 3.40. The molecule has 1 saturated carbocycles. The summed E-state index contributed by atoms with van der Waals surface area (Å²) >= 11 is 0. The minimum Gasteiger partial charge on any atom is -0.392 e. The smallest absolute Gasteiger partial charge is 0.135 e. The van der Waals surface area contributed by atoms with Gasteiger partial charge >= 0.3 is 0 Å². The van der Waals surface area contributed by atoms with Gasteiger partial charge in [0.1, 0.15) is 6.10 Å². The molecule has 1 fully saturated rings. The monoisotopic (exact) mass is 154 g/mol. The molecule has 3 nitrogen and oxygen atoms in total. The average Bonchev–Trinajstić information content (AvgIpc) is 2.32. The summed E-state index contributed by atoms with van der Waals surface area (Å²) in [4.78, 5) is 5.27. The fourth-order valence-corrected chi connectivity index (χ4v) is 1.63. The summed E-state index contributed by atoms with van der Waals surface area (Å²) in [5.41, 5.74) is 6.47. The first-order valence-corrected chi connectivity index (χ1v) is 4.32. The van der Waals surface area contributed by atoms with Crippen molar-refractivity contribution in [1.82, 2.24) is 0 Å². The van der Waals surface area contributed by atoms with Crippen LogP contribution in [0.15, 0.2) is 5.16 Å². The summed E-state index contributed by atoms with van der Waals surface area (Å²) in [7, 11) is 0. The van der Waals surface area contributed by atoms with Gasteiger partial charge in [-0.3, -0.25) is 0 Å². The van der Waals surface area contributed by atoms with Crippen LogP contribution in [0.5, 0.6) is 0 Å². The lowest BCUT2D eigenvalue weighted by Crippen LogP contribution is -2.27. The number of rotatable bonds is 2. The van der Waals surface area contributed by atoms with Gasteiger partial charge in [0, 0.05) is 13.0 Å². The molecule has 0 bridgehead atoms. The lowest BCUT2D eigenvalue weighted by atomic mass is 9.80. The molecule has 62 valence electrons. The summed E-state index contributed by atoms with van der Waals surface area (Å²) < 4.78 is 0. The Labute approximate surface area is 66.6 Å². The molecule has 3 heteroatoms. The van der Waals surface area contributed by atoms with Crippen LogP contribution in [0.2, 0.25) is 0 Å². The standard InChI is InChI=1S/C8H14N2O/c9-5-7-4-8(11-10-7)6-2-1-3-6/h6,8H,1-5,9H2. The quantitative estimate of drug-likeness (QED) is 0.642. The Hall–Kier alpha value is -0.570. The number of nitrogens with two attached hydrogens (primary N) is 1. The Morgan fingerprint density at radius 3 is 2.82 bits per heavy atom. The van der Waals surface area contributed by atoms with Crippen LogP contribution in [0, 0.1) is 5.92 Å². The van der Waals surface area contributed by atoms with Crippen molar-refractivity contribution in [2.45, 2.75) is 31.8 Å². The van der Waals surface area contributed by atoms with Crippen molar-refractivity contribution in [3.05, 3.63) is 0 Å². The van der Waals surface area contributed by atoms with Gasteiger partial charge in [0.25, 0.3) is 0 Å². The van der Waals surface area contributed by atoms with Crippen molar-refractivity contribution in [2.75, 3.05) is 6.54 Å². The number of hydrogen-bond acceptors (Lipinski definition) is 3. The van der Waals surface area contributed by atoms with Gasteiger partial charge in [-0.2, -0.15) is 0 Å². The Morgan fingerprint density at radius 2 is 2.36 bits per heavy atom. The van der Waals surface area contributed by atoms with E-state index in [9.17, 15) is 0 Å². The normalized spacial score (nSPS) is 31.0. The van der Waals surface area contributed by atoms with Gasteiger partial charge in [-0.25, -0.2) is 0 Å². The molecule has 2 N–H and O–H groups in total. The van der Waals surface area contributed by atoms with Crippen molar-refractivity contribution in [2.24, 2.45) is 16.8 Å². The molecule has 1 aliphatic carbocycles. The van der Waals surface area contributed by atoms with Crippen LogP contribution in [0.1, 0.15) is 25.7 Å². The first-order chi connectivity index (χ1) is 5.40. The summed E-state index contributed by atoms with van der Waals surface area (Å²) in [5, 5.41) is 3.93. The highest BCUT2D eigenvalue weighted by molar-refractivity contribution is 5.87. The van der Waals surface area contributed by atoms with Crippen molar-refractivity contribution in [1.29, 1.82) is 0 Å². The van der Waals surface area contributed by atoms with Gasteiger partial charge in [0.05, 0.1) is 5.71 Å². The zero-order chi connectivity index (χ0) is 7.68. The number of oxime groups is 1. The maximum absolute atomic E-state index is 5.44. The topological polar surface area (TPSA) is 47.6 Å². The zero-order valence-electron chi connectivity index (χ0n) is 6.62. The molecule has 1 atom stereocenters. The van der Waals surface area contributed by atoms with Gasteiger partial charge < -0.3 is 10.6 Å². The molecular weight excluding hydrogens is 140 g/mol. The van der Waals surface area contributed by atoms with E-state index in [4.69, 9.17) is 10.6 Å². The fourth-order valence-electron chi connectivity index (χ4n) is 1.63. The van der Waals surface area contributed by atoms with Crippen molar-refractivity contribution >= 4 is 5.71 Å². The second-order valence-electron chi connectivity index (χ2n) is 3.40. The van der Waals surface area contributed by atoms with E-state index in [0.29, 0.717) is 12.6 Å². The van der Waals surface area contributed by atoms with Crippen LogP contribution >= 0.6 is 0 Å². The fraction of sp³-hybridized carbons (Fsp3) is 0.875. The summed E-state index contributed by atoms with van der Waals surface area (Å²) in [6, 6.07) is 0. The number of nitrogens with zero attached hydrogens (tertiary/aromatic N) is 1. The molecule has 0 saturated heterocycles. The predicted octanol–water partition coefficient (Wildman–Crippen LogP) is 0.890. The number of hydrogen-bond donors (Lipinski definition) is 1. The highest BCUT2D eigenvalue weighted by Gasteiger charge is 2.32. The SMILES string of the molecule is NCC1=NOC(C2CCC2)C1. The maximum Gasteiger partial charge on any atom is 0.135 e. The van der Waals surface area contributed by atoms with E-state index >= 15 is 0 Å². The van der Waals surface area contributed by atoms with Gasteiger partial charge in [-0.15, -0.1) is 0 Å². The molecule has 0 aromatic heterocycles. The third kappa shape index (κ3) is 1.25. The molecule has 2 aliphatic rings. The van der Waals surface area contributed by atoms with E-state index in [2.05, 4.69) is 5.16 Å². The first-order valence-electron chi connectivity index (χ1n) is 4.32. The van der Waals surface area contributed by atoms with Crippen LogP contribution in [0.3, 0.4) is 0 Å². The van der Waals surface area contributed by atoms with Crippen LogP contribution < -0.4 is 5.73 Å². The van der Waals surface area contributed by atoms with Crippen LogP contribution in [0.4, 0.5) is 0 Å². The highest BCUT2D eigenvalue weighted by atomic mass is 16.6. The maximum atomic E-state index is 5.44. The van der Waals surface area contributed by atoms with Crippen molar-refractivity contribution in [3.63, 3.8) is 0 Å². The third-order valence-electron chi connectivity index (χ3n) is 2.67. The predicted molar refractivity (Wildman–Crippen MR) is 43.3 cm³/mol. The average molecular weight is 154 g/mol. The molecule has 0 amide bonds. The van der Waals surface area contributed by atoms with E-state index in [-0.39, 0.29) is 0 Å². The van der Waals surface area contributed by atoms with Crippen LogP contribution in [-0.4, -0.2) is 18.4 Å². The molecule has 1 unspecified atom stereocenters. The second kappa shape index (κ2) is 2.81. The van der Waals surface area contributed by atoms with Crippen LogP contribution in [0.25, 0.3) is 0 Å². The molecule has 0 radical (unpaired) electrons. The largest absolute Gasteiger partial charge is 0.392 e. The molecule has 0 aromatic carbocycles. The van der Waals surface area contributed by atoms with Gasteiger partial charge in [0.15, 0.2) is 0 Å². The summed E-state index contributed by atoms with van der Waals surface area (Å²) in [6.07, 6.45) is 5.34. The minimum absolute atomic E-state index is 0.363. The zero-order valence-corrected chi connectivity index (χ0v) is 6.62. The Balaban J connectivity index is 1.83. The van der Waals surface area contributed by atoms with Gasteiger partial charge in [-0.05, 0) is 18.8 Å². The van der Waals surface area contributed by atoms with E-state index < -0.39 is 0 Å². The van der Waals surface area contributed by atoms with E-state index in [1.54, 1.807) is 0 Å². The van der Waals surface area contributed by atoms with E-state index in [0.717, 1.165) is 18.1 Å². The lowest BCUT2D eigenvalue weighted by molar-refractivity contribution is 0.0112. The lowest BCUT2D eigenvalue weighted by Gasteiger charge is -2.28.